The van der Waals surface area contributed by atoms with Crippen LogP contribution in [0, 0.1) is 0 Å². The van der Waals surface area contributed by atoms with E-state index >= 15 is 0 Å². The van der Waals surface area contributed by atoms with Crippen LogP contribution in [-0.2, 0) is 28.6 Å². The maximum Gasteiger partial charge on any atom is 0.306 e. The second kappa shape index (κ2) is 51.2. The highest BCUT2D eigenvalue weighted by Gasteiger charge is 2.19. The summed E-state index contributed by atoms with van der Waals surface area (Å²) < 4.78 is 16.8. The number of unbranched alkanes of at least 4 members (excludes halogenated alkanes) is 21. The van der Waals surface area contributed by atoms with Crippen LogP contribution in [0.3, 0.4) is 0 Å². The topological polar surface area (TPSA) is 78.9 Å². The number of ether oxygens (including phenoxy) is 3. The summed E-state index contributed by atoms with van der Waals surface area (Å²) in [6.45, 7) is 6.37. The molecule has 0 aromatic carbocycles. The van der Waals surface area contributed by atoms with Crippen molar-refractivity contribution >= 4 is 17.9 Å². The lowest BCUT2D eigenvalue weighted by Gasteiger charge is -2.18. The first kappa shape index (κ1) is 59.6. The van der Waals surface area contributed by atoms with E-state index in [0.29, 0.717) is 19.3 Å². The summed E-state index contributed by atoms with van der Waals surface area (Å²) in [5.74, 6) is -0.931. The minimum atomic E-state index is -0.794. The van der Waals surface area contributed by atoms with E-state index in [2.05, 4.69) is 106 Å². The fourth-order valence-electron chi connectivity index (χ4n) is 6.99. The van der Waals surface area contributed by atoms with Gasteiger partial charge in [0.2, 0.25) is 0 Å². The van der Waals surface area contributed by atoms with Crippen LogP contribution < -0.4 is 0 Å². The second-order valence-electron chi connectivity index (χ2n) is 17.0. The Morgan fingerprint density at radius 2 is 0.619 bits per heavy atom. The van der Waals surface area contributed by atoms with Gasteiger partial charge in [0, 0.05) is 19.3 Å². The van der Waals surface area contributed by atoms with E-state index in [4.69, 9.17) is 14.2 Å². The van der Waals surface area contributed by atoms with Gasteiger partial charge in [0.15, 0.2) is 6.10 Å². The summed E-state index contributed by atoms with van der Waals surface area (Å²) in [6, 6.07) is 0. The van der Waals surface area contributed by atoms with Gasteiger partial charge in [-0.25, -0.2) is 0 Å². The van der Waals surface area contributed by atoms with Gasteiger partial charge in [-0.3, -0.25) is 14.4 Å². The first-order chi connectivity index (χ1) is 31.0. The third kappa shape index (κ3) is 49.5. The molecule has 0 aromatic rings. The molecule has 0 amide bonds. The van der Waals surface area contributed by atoms with Crippen LogP contribution in [0.4, 0.5) is 0 Å². The van der Waals surface area contributed by atoms with Gasteiger partial charge in [0.05, 0.1) is 0 Å². The van der Waals surface area contributed by atoms with Crippen molar-refractivity contribution in [3.05, 3.63) is 85.1 Å². The lowest BCUT2D eigenvalue weighted by molar-refractivity contribution is -0.167. The van der Waals surface area contributed by atoms with Crippen molar-refractivity contribution in [3.8, 4) is 0 Å². The van der Waals surface area contributed by atoms with Gasteiger partial charge in [-0.05, 0) is 109 Å². The van der Waals surface area contributed by atoms with Crippen molar-refractivity contribution in [3.63, 3.8) is 0 Å². The molecule has 0 rings (SSSR count). The van der Waals surface area contributed by atoms with Gasteiger partial charge in [-0.15, -0.1) is 0 Å². The molecule has 0 aromatic heterocycles. The van der Waals surface area contributed by atoms with Crippen LogP contribution in [-0.4, -0.2) is 37.2 Å². The van der Waals surface area contributed by atoms with Crippen molar-refractivity contribution < 1.29 is 28.6 Å². The van der Waals surface area contributed by atoms with E-state index < -0.39 is 6.10 Å². The Labute approximate surface area is 388 Å². The molecule has 360 valence electrons. The first-order valence-corrected chi connectivity index (χ1v) is 26.1. The molecule has 0 bridgehead atoms. The highest BCUT2D eigenvalue weighted by Crippen LogP contribution is 2.14. The van der Waals surface area contributed by atoms with Gasteiger partial charge >= 0.3 is 17.9 Å². The molecule has 0 spiro atoms. The molecule has 0 fully saturated rings. The zero-order valence-corrected chi connectivity index (χ0v) is 41.1. The Morgan fingerprint density at radius 1 is 0.333 bits per heavy atom. The third-order valence-electron chi connectivity index (χ3n) is 10.9. The molecule has 6 heteroatoms. The van der Waals surface area contributed by atoms with Gasteiger partial charge < -0.3 is 14.2 Å². The summed E-state index contributed by atoms with van der Waals surface area (Å²) in [6.07, 6.45) is 65.6. The molecule has 0 saturated heterocycles. The summed E-state index contributed by atoms with van der Waals surface area (Å²) >= 11 is 0. The summed E-state index contributed by atoms with van der Waals surface area (Å²) in [4.78, 5) is 38.0. The van der Waals surface area contributed by atoms with E-state index in [0.717, 1.165) is 135 Å². The Morgan fingerprint density at radius 3 is 0.984 bits per heavy atom. The molecule has 0 heterocycles. The molecule has 6 nitrogen and oxygen atoms in total. The van der Waals surface area contributed by atoms with Crippen LogP contribution in [0.2, 0.25) is 0 Å². The Balaban J connectivity index is 4.45. The molecule has 0 aliphatic heterocycles. The zero-order chi connectivity index (χ0) is 45.8. The van der Waals surface area contributed by atoms with Gasteiger partial charge in [-0.1, -0.05) is 196 Å². The molecule has 63 heavy (non-hydrogen) atoms. The van der Waals surface area contributed by atoms with Crippen LogP contribution >= 0.6 is 0 Å². The molecular formula is C57H96O6. The monoisotopic (exact) mass is 877 g/mol. The van der Waals surface area contributed by atoms with Gasteiger partial charge in [0.1, 0.15) is 13.2 Å². The Kier molecular flexibility index (Phi) is 48.5. The van der Waals surface area contributed by atoms with Crippen molar-refractivity contribution in [1.29, 1.82) is 0 Å². The van der Waals surface area contributed by atoms with Crippen LogP contribution in [0.25, 0.3) is 0 Å². The fraction of sp³-hybridized carbons (Fsp3) is 0.702. The fourth-order valence-corrected chi connectivity index (χ4v) is 6.99. The lowest BCUT2D eigenvalue weighted by Crippen LogP contribution is -2.30. The third-order valence-corrected chi connectivity index (χ3v) is 10.9. The Bertz CT molecular complexity index is 1240. The summed E-state index contributed by atoms with van der Waals surface area (Å²) in [5, 5.41) is 0. The molecule has 0 saturated carbocycles. The minimum Gasteiger partial charge on any atom is -0.462 e. The van der Waals surface area contributed by atoms with E-state index in [1.54, 1.807) is 0 Å². The Hall–Kier alpha value is -3.41. The average Bonchev–Trinajstić information content (AvgIpc) is 3.28. The normalized spacial score (nSPS) is 12.7. The molecule has 0 aliphatic carbocycles. The SMILES string of the molecule is CC/C=C\C/C=C\C/C=C\CCCCCCCC(=O)OC[C@H](COC(=O)CCCCCCCCC/C=C\CCCCCC)OC(=O)CCCCCCC/C=C\C/C=C\C/C=C\CC. The summed E-state index contributed by atoms with van der Waals surface area (Å²) in [7, 11) is 0. The number of esters is 3. The molecule has 0 N–H and O–H groups in total. The smallest absolute Gasteiger partial charge is 0.306 e. The predicted octanol–water partition coefficient (Wildman–Crippen LogP) is 17.2. The number of hydrogen-bond donors (Lipinski definition) is 0. The van der Waals surface area contributed by atoms with Crippen molar-refractivity contribution in [2.24, 2.45) is 0 Å². The number of carbonyl (C=O) groups is 3. The maximum absolute atomic E-state index is 12.8. The molecule has 1 atom stereocenters. The largest absolute Gasteiger partial charge is 0.462 e. The van der Waals surface area contributed by atoms with Crippen LogP contribution in [0.5, 0.6) is 0 Å². The van der Waals surface area contributed by atoms with E-state index in [1.165, 1.54) is 64.2 Å². The summed E-state index contributed by atoms with van der Waals surface area (Å²) in [5.41, 5.74) is 0. The van der Waals surface area contributed by atoms with Gasteiger partial charge in [-0.2, -0.15) is 0 Å². The highest BCUT2D eigenvalue weighted by atomic mass is 16.6. The second-order valence-corrected chi connectivity index (χ2v) is 17.0. The predicted molar refractivity (Wildman–Crippen MR) is 270 cm³/mol. The average molecular weight is 877 g/mol. The van der Waals surface area contributed by atoms with E-state index in [1.807, 2.05) is 0 Å². The van der Waals surface area contributed by atoms with Crippen LogP contribution in [0.1, 0.15) is 239 Å². The number of carbonyl (C=O) groups excluding carboxylic acids is 3. The number of rotatable bonds is 46. The number of allylic oxidation sites excluding steroid dienone is 14. The lowest BCUT2D eigenvalue weighted by atomic mass is 10.1. The molecule has 0 aliphatic rings. The number of hydrogen-bond acceptors (Lipinski definition) is 6. The van der Waals surface area contributed by atoms with Crippen molar-refractivity contribution in [2.45, 2.75) is 245 Å². The zero-order valence-electron chi connectivity index (χ0n) is 41.1. The van der Waals surface area contributed by atoms with Crippen LogP contribution in [0.15, 0.2) is 85.1 Å². The van der Waals surface area contributed by atoms with E-state index in [9.17, 15) is 14.4 Å². The minimum absolute atomic E-state index is 0.0920. The first-order valence-electron chi connectivity index (χ1n) is 26.1. The molecule has 0 radical (unpaired) electrons. The molecular weight excluding hydrogens is 781 g/mol. The van der Waals surface area contributed by atoms with E-state index in [-0.39, 0.29) is 31.1 Å². The maximum atomic E-state index is 12.8. The van der Waals surface area contributed by atoms with Gasteiger partial charge in [0.25, 0.3) is 0 Å². The van der Waals surface area contributed by atoms with Crippen molar-refractivity contribution in [1.82, 2.24) is 0 Å². The van der Waals surface area contributed by atoms with Crippen molar-refractivity contribution in [2.75, 3.05) is 13.2 Å². The highest BCUT2D eigenvalue weighted by molar-refractivity contribution is 5.71. The quantitative estimate of drug-likeness (QED) is 0.0262. The molecule has 0 unspecified atom stereocenters. The standard InChI is InChI=1S/C57H96O6/c1-4-7-10-13-16-19-22-25-28-31-34-37-40-43-46-49-55(58)61-52-54(63-57(60)51-48-45-42-39-36-33-30-27-24-21-18-15-12-9-6-3)53-62-56(59)50-47-44-41-38-35-32-29-26-23-20-17-14-11-8-5-2/h7,9-10,12,16,18-21,23,25,27-28,30,54H,4-6,8,11,13-15,17,22,24,26,29,31-53H2,1-3H3/b10-7-,12-9-,19-16-,21-18-,23-20-,28-25-,30-27-/t54-/m1/s1.